The van der Waals surface area contributed by atoms with Crippen LogP contribution >= 0.6 is 0 Å². The molecule has 6 heteroatoms. The highest BCUT2D eigenvalue weighted by Crippen LogP contribution is 2.63. The molecule has 160 valence electrons. The number of hydroxylamine groups is 1. The number of aryl methyl sites for hydroxylation is 1. The maximum atomic E-state index is 14.9. The summed E-state index contributed by atoms with van der Waals surface area (Å²) in [7, 11) is 0. The number of carbonyl (C=O) groups excluding carboxylic acids is 1. The molecule has 30 heavy (non-hydrogen) atoms. The monoisotopic (exact) mass is 411 g/mol. The predicted octanol–water partition coefficient (Wildman–Crippen LogP) is 5.34. The number of benzene rings is 1. The van der Waals surface area contributed by atoms with E-state index in [1.165, 1.54) is 5.48 Å². The second kappa shape index (κ2) is 11.8. The number of amides is 1. The molecular formula is C24H30FN3O2. The molecular weight excluding hydrogens is 381 g/mol. The summed E-state index contributed by atoms with van der Waals surface area (Å²) in [5.41, 5.74) is 3.83. The van der Waals surface area contributed by atoms with Crippen molar-refractivity contribution in [3.8, 4) is 11.4 Å². The van der Waals surface area contributed by atoms with Crippen LogP contribution in [0.1, 0.15) is 37.8 Å². The van der Waals surface area contributed by atoms with Gasteiger partial charge in [0.1, 0.15) is 5.67 Å². The van der Waals surface area contributed by atoms with Gasteiger partial charge in [-0.3, -0.25) is 10.0 Å². The van der Waals surface area contributed by atoms with Gasteiger partial charge in [0.15, 0.2) is 5.82 Å². The normalized spacial score (nSPS) is 21.7. The fourth-order valence-electron chi connectivity index (χ4n) is 3.33. The average molecular weight is 412 g/mol. The fraction of sp³-hybridized carbons (Fsp3) is 0.292. The van der Waals surface area contributed by atoms with Crippen LogP contribution in [0.4, 0.5) is 4.39 Å². The second-order valence-corrected chi connectivity index (χ2v) is 6.67. The minimum atomic E-state index is -1.26. The van der Waals surface area contributed by atoms with Crippen molar-refractivity contribution in [2.24, 2.45) is 5.92 Å². The SMILES string of the molecule is C=C/C=C(\C=C)[C@@H]1C(c2ccc(-c3ncc(C)cn3)cc2)[C@@]1(C)F.CC.O=CNO. The first-order chi connectivity index (χ1) is 14.4. The Hall–Kier alpha value is -3.12. The third kappa shape index (κ3) is 5.94. The van der Waals surface area contributed by atoms with Crippen LogP contribution < -0.4 is 5.48 Å². The van der Waals surface area contributed by atoms with E-state index in [0.717, 1.165) is 22.3 Å². The fourth-order valence-corrected chi connectivity index (χ4v) is 3.33. The predicted molar refractivity (Wildman–Crippen MR) is 119 cm³/mol. The zero-order chi connectivity index (χ0) is 22.7. The van der Waals surface area contributed by atoms with Crippen LogP contribution in [0.15, 0.2) is 73.6 Å². The van der Waals surface area contributed by atoms with Crippen molar-refractivity contribution in [3.05, 3.63) is 84.7 Å². The molecule has 0 aliphatic heterocycles. The summed E-state index contributed by atoms with van der Waals surface area (Å²) in [6.45, 7) is 15.1. The first-order valence-electron chi connectivity index (χ1n) is 9.76. The first kappa shape index (κ1) is 24.9. The highest BCUT2D eigenvalue weighted by molar-refractivity contribution is 5.56. The Morgan fingerprint density at radius 2 is 1.73 bits per heavy atom. The Bertz CT molecular complexity index is 859. The molecule has 1 aliphatic rings. The van der Waals surface area contributed by atoms with Crippen LogP contribution in [-0.4, -0.2) is 27.3 Å². The van der Waals surface area contributed by atoms with Crippen molar-refractivity contribution in [2.75, 3.05) is 0 Å². The van der Waals surface area contributed by atoms with Gasteiger partial charge in [0.2, 0.25) is 6.41 Å². The third-order valence-electron chi connectivity index (χ3n) is 4.71. The number of hydrogen-bond acceptors (Lipinski definition) is 4. The van der Waals surface area contributed by atoms with Gasteiger partial charge < -0.3 is 0 Å². The van der Waals surface area contributed by atoms with Gasteiger partial charge >= 0.3 is 0 Å². The van der Waals surface area contributed by atoms with E-state index in [2.05, 4.69) is 23.1 Å². The molecule has 1 heterocycles. The number of carbonyl (C=O) groups is 1. The van der Waals surface area contributed by atoms with E-state index in [9.17, 15) is 4.39 Å². The van der Waals surface area contributed by atoms with Crippen LogP contribution in [0.5, 0.6) is 0 Å². The van der Waals surface area contributed by atoms with Crippen molar-refractivity contribution in [2.45, 2.75) is 39.3 Å². The van der Waals surface area contributed by atoms with E-state index in [1.54, 1.807) is 31.5 Å². The van der Waals surface area contributed by atoms with Crippen LogP contribution in [-0.2, 0) is 4.79 Å². The molecule has 1 unspecified atom stereocenters. The third-order valence-corrected chi connectivity index (χ3v) is 4.71. The largest absolute Gasteiger partial charge is 0.289 e. The van der Waals surface area contributed by atoms with Gasteiger partial charge in [-0.2, -0.15) is 0 Å². The Balaban J connectivity index is 0.000000673. The number of aromatic nitrogens is 2. The summed E-state index contributed by atoms with van der Waals surface area (Å²) in [4.78, 5) is 17.5. The number of nitrogens with one attached hydrogen (secondary N) is 1. The van der Waals surface area contributed by atoms with Gasteiger partial charge in [0, 0.05) is 29.8 Å². The Labute approximate surface area is 178 Å². The van der Waals surface area contributed by atoms with E-state index in [4.69, 9.17) is 10.0 Å². The van der Waals surface area contributed by atoms with Crippen LogP contribution in [0, 0.1) is 12.8 Å². The van der Waals surface area contributed by atoms with Crippen LogP contribution in [0.2, 0.25) is 0 Å². The van der Waals surface area contributed by atoms with Gasteiger partial charge in [-0.15, -0.1) is 0 Å². The lowest BCUT2D eigenvalue weighted by molar-refractivity contribution is -0.116. The zero-order valence-electron chi connectivity index (χ0n) is 18.0. The summed E-state index contributed by atoms with van der Waals surface area (Å²) in [6, 6.07) is 7.85. The molecule has 0 radical (unpaired) electrons. The van der Waals surface area contributed by atoms with Crippen molar-refractivity contribution < 1.29 is 14.4 Å². The summed E-state index contributed by atoms with van der Waals surface area (Å²) in [5, 5.41) is 7.26. The van der Waals surface area contributed by atoms with E-state index in [1.807, 2.05) is 51.1 Å². The second-order valence-electron chi connectivity index (χ2n) is 6.67. The molecule has 1 aromatic heterocycles. The standard InChI is InChI=1S/C21H21FN2.C2H6.CH3NO2/c1-5-7-15(6-2)18-19(21(18,4)22)16-8-10-17(11-9-16)20-23-12-14(3)13-24-20;1-2;3-1-2-4/h5-13,18-19H,1-2H2,3-4H3;1-2H3;1,4H,(H,2,3)/b15-7+;;/t18-,19?,21+;;/m1../s1. The molecule has 1 amide bonds. The molecule has 2 aromatic rings. The summed E-state index contributed by atoms with van der Waals surface area (Å²) >= 11 is 0. The molecule has 2 N–H and O–H groups in total. The Kier molecular flexibility index (Phi) is 9.78. The summed E-state index contributed by atoms with van der Waals surface area (Å²) in [6.07, 6.45) is 9.01. The molecule has 5 nitrogen and oxygen atoms in total. The maximum absolute atomic E-state index is 14.9. The average Bonchev–Trinajstić information content (AvgIpc) is 3.35. The van der Waals surface area contributed by atoms with Gasteiger partial charge in [-0.05, 0) is 30.5 Å². The highest BCUT2D eigenvalue weighted by atomic mass is 19.1. The van der Waals surface area contributed by atoms with Crippen molar-refractivity contribution in [3.63, 3.8) is 0 Å². The first-order valence-corrected chi connectivity index (χ1v) is 9.76. The van der Waals surface area contributed by atoms with Crippen LogP contribution in [0.3, 0.4) is 0 Å². The number of rotatable bonds is 6. The van der Waals surface area contributed by atoms with Crippen molar-refractivity contribution in [1.82, 2.24) is 15.4 Å². The minimum absolute atomic E-state index is 0.158. The van der Waals surface area contributed by atoms with Gasteiger partial charge in [-0.25, -0.2) is 19.8 Å². The van der Waals surface area contributed by atoms with E-state index in [0.29, 0.717) is 5.82 Å². The van der Waals surface area contributed by atoms with Gasteiger partial charge in [-0.1, -0.05) is 69.5 Å². The molecule has 1 fully saturated rings. The van der Waals surface area contributed by atoms with Gasteiger partial charge in [0.25, 0.3) is 0 Å². The zero-order valence-corrected chi connectivity index (χ0v) is 18.0. The van der Waals surface area contributed by atoms with Crippen LogP contribution in [0.25, 0.3) is 11.4 Å². The quantitative estimate of drug-likeness (QED) is 0.291. The molecule has 3 atom stereocenters. The number of nitrogens with zero attached hydrogens (tertiary/aromatic N) is 2. The molecule has 1 saturated carbocycles. The molecule has 0 saturated heterocycles. The minimum Gasteiger partial charge on any atom is -0.289 e. The number of hydrogen-bond donors (Lipinski definition) is 2. The highest BCUT2D eigenvalue weighted by Gasteiger charge is 2.64. The van der Waals surface area contributed by atoms with E-state index in [-0.39, 0.29) is 18.2 Å². The van der Waals surface area contributed by atoms with Crippen molar-refractivity contribution >= 4 is 6.41 Å². The molecule has 0 bridgehead atoms. The number of alkyl halides is 1. The lowest BCUT2D eigenvalue weighted by Crippen LogP contribution is -1.99. The van der Waals surface area contributed by atoms with Crippen molar-refractivity contribution in [1.29, 1.82) is 0 Å². The smallest absolute Gasteiger partial charge is 0.230 e. The summed E-state index contributed by atoms with van der Waals surface area (Å²) < 4.78 is 14.9. The lowest BCUT2D eigenvalue weighted by Gasteiger charge is -2.04. The number of halogens is 1. The lowest BCUT2D eigenvalue weighted by atomic mass is 10.0. The van der Waals surface area contributed by atoms with E-state index >= 15 is 0 Å². The van der Waals surface area contributed by atoms with Gasteiger partial charge in [0.05, 0.1) is 0 Å². The number of allylic oxidation sites excluding steroid dienone is 4. The molecule has 3 rings (SSSR count). The van der Waals surface area contributed by atoms with E-state index < -0.39 is 5.67 Å². The molecule has 1 aromatic carbocycles. The molecule has 1 aliphatic carbocycles. The summed E-state index contributed by atoms with van der Waals surface area (Å²) in [5.74, 6) is 0.352. The topological polar surface area (TPSA) is 75.1 Å². The molecule has 0 spiro atoms. The maximum Gasteiger partial charge on any atom is 0.230 e. The Morgan fingerprint density at radius 1 is 1.20 bits per heavy atom. The Morgan fingerprint density at radius 3 is 2.17 bits per heavy atom.